The molecule has 27 heavy (non-hydrogen) atoms. The number of hydrogen-bond acceptors (Lipinski definition) is 3. The summed E-state index contributed by atoms with van der Waals surface area (Å²) in [6, 6.07) is 25.5. The second-order valence-electron chi connectivity index (χ2n) is 6.52. The van der Waals surface area contributed by atoms with E-state index in [-0.39, 0.29) is 0 Å². The summed E-state index contributed by atoms with van der Waals surface area (Å²) in [5, 5.41) is 17.7. The summed E-state index contributed by atoms with van der Waals surface area (Å²) in [5.74, 6) is 0. The first-order chi connectivity index (χ1) is 13.0. The van der Waals surface area contributed by atoms with E-state index in [2.05, 4.69) is 6.07 Å². The van der Waals surface area contributed by atoms with Crippen molar-refractivity contribution < 1.29 is 0 Å². The average Bonchev–Trinajstić information content (AvgIpc) is 2.69. The molecule has 3 rings (SSSR count). The third kappa shape index (κ3) is 3.80. The molecule has 0 saturated heterocycles. The Morgan fingerprint density at radius 1 is 0.926 bits per heavy atom. The maximum Gasteiger partial charge on any atom is 0.0991 e. The van der Waals surface area contributed by atoms with Crippen LogP contribution in [-0.2, 0) is 0 Å². The summed E-state index contributed by atoms with van der Waals surface area (Å²) in [5.41, 5.74) is 13.4. The lowest BCUT2D eigenvalue weighted by Gasteiger charge is -2.13. The number of benzene rings is 3. The van der Waals surface area contributed by atoms with Gasteiger partial charge >= 0.3 is 0 Å². The van der Waals surface area contributed by atoms with Gasteiger partial charge in [0.05, 0.1) is 17.3 Å². The lowest BCUT2D eigenvalue weighted by atomic mass is 9.92. The molecule has 0 spiro atoms. The monoisotopic (exact) mass is 351 g/mol. The normalized spacial score (nSPS) is 11.4. The fourth-order valence-electron chi connectivity index (χ4n) is 3.14. The van der Waals surface area contributed by atoms with Gasteiger partial charge in [-0.2, -0.15) is 5.26 Å². The minimum atomic E-state index is 0.408. The smallest absolute Gasteiger partial charge is 0.0991 e. The van der Waals surface area contributed by atoms with Gasteiger partial charge in [-0.3, -0.25) is 5.41 Å². The Balaban J connectivity index is 2.00. The number of allylic oxidation sites excluding steroid dienone is 2. The molecule has 0 aliphatic carbocycles. The number of nitrogens with one attached hydrogen (secondary N) is 1. The highest BCUT2D eigenvalue weighted by atomic mass is 14.6. The van der Waals surface area contributed by atoms with Crippen molar-refractivity contribution in [2.75, 3.05) is 0 Å². The second kappa shape index (κ2) is 7.72. The second-order valence-corrected chi connectivity index (χ2v) is 6.52. The summed E-state index contributed by atoms with van der Waals surface area (Å²) in [7, 11) is 0. The third-order valence-corrected chi connectivity index (χ3v) is 4.56. The van der Waals surface area contributed by atoms with Crippen LogP contribution in [0.2, 0.25) is 0 Å². The van der Waals surface area contributed by atoms with Crippen molar-refractivity contribution in [2.24, 2.45) is 5.73 Å². The molecule has 3 N–H and O–H groups in total. The Hall–Kier alpha value is -3.64. The summed E-state index contributed by atoms with van der Waals surface area (Å²) < 4.78 is 0. The van der Waals surface area contributed by atoms with Crippen molar-refractivity contribution in [3.8, 4) is 17.2 Å². The van der Waals surface area contributed by atoms with Crippen LogP contribution in [0, 0.1) is 23.7 Å². The fourth-order valence-corrected chi connectivity index (χ4v) is 3.14. The van der Waals surface area contributed by atoms with Gasteiger partial charge in [-0.15, -0.1) is 0 Å². The van der Waals surface area contributed by atoms with Crippen molar-refractivity contribution in [3.05, 3.63) is 101 Å². The maximum atomic E-state index is 9.15. The van der Waals surface area contributed by atoms with Crippen LogP contribution in [0.15, 0.2) is 78.5 Å². The van der Waals surface area contributed by atoms with Crippen molar-refractivity contribution in [3.63, 3.8) is 0 Å². The quantitative estimate of drug-likeness (QED) is 0.627. The van der Waals surface area contributed by atoms with Crippen LogP contribution in [0.3, 0.4) is 0 Å². The first-order valence-electron chi connectivity index (χ1n) is 8.73. The molecule has 0 radical (unpaired) electrons. The van der Waals surface area contributed by atoms with Crippen LogP contribution in [0.25, 0.3) is 16.7 Å². The van der Waals surface area contributed by atoms with E-state index in [1.165, 1.54) is 0 Å². The predicted octanol–water partition coefficient (Wildman–Crippen LogP) is 5.29. The highest BCUT2D eigenvalue weighted by molar-refractivity contribution is 6.30. The Bertz CT molecular complexity index is 1050. The van der Waals surface area contributed by atoms with E-state index in [9.17, 15) is 0 Å². The van der Waals surface area contributed by atoms with Gasteiger partial charge in [0.2, 0.25) is 0 Å². The maximum absolute atomic E-state index is 9.15. The minimum Gasteiger partial charge on any atom is -0.402 e. The molecule has 3 aromatic carbocycles. The van der Waals surface area contributed by atoms with Crippen LogP contribution in [0.4, 0.5) is 0 Å². The first-order valence-corrected chi connectivity index (χ1v) is 8.73. The van der Waals surface area contributed by atoms with Crippen molar-refractivity contribution in [2.45, 2.75) is 13.8 Å². The number of nitriles is 1. The van der Waals surface area contributed by atoms with Crippen LogP contribution in [0.5, 0.6) is 0 Å². The highest BCUT2D eigenvalue weighted by Crippen LogP contribution is 2.28. The average molecular weight is 351 g/mol. The zero-order chi connectivity index (χ0) is 19.4. The molecule has 3 heteroatoms. The standard InChI is InChI=1S/C24H21N3/c1-16-8-9-18(15-25)14-22(16)19-10-12-20(13-11-19)23(17(2)26)24(27)21-6-4-3-5-7-21/h3-14,27H,26H2,1-2H3/b23-17-,27-24?. The highest BCUT2D eigenvalue weighted by Gasteiger charge is 2.13. The molecule has 0 aromatic heterocycles. The molecular weight excluding hydrogens is 330 g/mol. The zero-order valence-corrected chi connectivity index (χ0v) is 15.5. The van der Waals surface area contributed by atoms with E-state index in [1.54, 1.807) is 0 Å². The van der Waals surface area contributed by atoms with Crippen molar-refractivity contribution in [1.82, 2.24) is 0 Å². The van der Waals surface area contributed by atoms with E-state index < -0.39 is 0 Å². The topological polar surface area (TPSA) is 73.7 Å². The molecule has 0 atom stereocenters. The molecular formula is C24H21N3. The van der Waals surface area contributed by atoms with Crippen LogP contribution < -0.4 is 5.73 Å². The van der Waals surface area contributed by atoms with Gasteiger partial charge in [-0.05, 0) is 48.2 Å². The van der Waals surface area contributed by atoms with Gasteiger partial charge in [-0.25, -0.2) is 0 Å². The van der Waals surface area contributed by atoms with Gasteiger partial charge in [0, 0.05) is 16.8 Å². The van der Waals surface area contributed by atoms with E-state index in [0.29, 0.717) is 17.0 Å². The molecule has 0 aliphatic heterocycles. The van der Waals surface area contributed by atoms with Gasteiger partial charge < -0.3 is 5.73 Å². The van der Waals surface area contributed by atoms with Gasteiger partial charge in [0.25, 0.3) is 0 Å². The molecule has 0 unspecified atom stereocenters. The Morgan fingerprint density at radius 3 is 2.19 bits per heavy atom. The fraction of sp³-hybridized carbons (Fsp3) is 0.0833. The Kier molecular flexibility index (Phi) is 5.19. The molecule has 0 amide bonds. The van der Waals surface area contributed by atoms with Gasteiger partial charge in [0.15, 0.2) is 0 Å². The third-order valence-electron chi connectivity index (χ3n) is 4.56. The van der Waals surface area contributed by atoms with E-state index in [4.69, 9.17) is 16.4 Å². The van der Waals surface area contributed by atoms with Gasteiger partial charge in [0.1, 0.15) is 0 Å². The summed E-state index contributed by atoms with van der Waals surface area (Å²) in [6.07, 6.45) is 0. The number of hydrogen-bond donors (Lipinski definition) is 2. The van der Waals surface area contributed by atoms with Crippen LogP contribution >= 0.6 is 0 Å². The van der Waals surface area contributed by atoms with E-state index >= 15 is 0 Å². The lowest BCUT2D eigenvalue weighted by molar-refractivity contribution is 1.32. The summed E-state index contributed by atoms with van der Waals surface area (Å²) >= 11 is 0. The number of aryl methyl sites for hydroxylation is 1. The molecule has 0 saturated carbocycles. The van der Waals surface area contributed by atoms with Crippen LogP contribution in [0.1, 0.15) is 29.2 Å². The van der Waals surface area contributed by atoms with E-state index in [1.807, 2.05) is 86.6 Å². The first kappa shape index (κ1) is 18.2. The zero-order valence-electron chi connectivity index (χ0n) is 15.5. The predicted molar refractivity (Wildman–Crippen MR) is 111 cm³/mol. The number of nitrogens with zero attached hydrogens (tertiary/aromatic N) is 1. The number of nitrogens with two attached hydrogens (primary N) is 1. The molecule has 3 aromatic rings. The van der Waals surface area contributed by atoms with Crippen LogP contribution in [-0.4, -0.2) is 5.71 Å². The molecule has 3 nitrogen and oxygen atoms in total. The summed E-state index contributed by atoms with van der Waals surface area (Å²) in [6.45, 7) is 3.85. The Labute approximate surface area is 159 Å². The van der Waals surface area contributed by atoms with Crippen molar-refractivity contribution >= 4 is 11.3 Å². The molecule has 132 valence electrons. The molecule has 0 heterocycles. The van der Waals surface area contributed by atoms with E-state index in [0.717, 1.165) is 33.4 Å². The summed E-state index contributed by atoms with van der Waals surface area (Å²) in [4.78, 5) is 0. The lowest BCUT2D eigenvalue weighted by Crippen LogP contribution is -2.09. The minimum absolute atomic E-state index is 0.408. The van der Waals surface area contributed by atoms with Crippen molar-refractivity contribution in [1.29, 1.82) is 10.7 Å². The molecule has 0 fully saturated rings. The number of rotatable bonds is 4. The Morgan fingerprint density at radius 2 is 1.59 bits per heavy atom. The largest absolute Gasteiger partial charge is 0.402 e. The molecule has 0 aliphatic rings. The SMILES string of the molecule is C/C(N)=C(/C(=N)c1ccccc1)c1ccc(-c2cc(C#N)ccc2C)cc1. The molecule has 0 bridgehead atoms. The van der Waals surface area contributed by atoms with Gasteiger partial charge in [-0.1, -0.05) is 60.7 Å².